The number of nitrogens with zero attached hydrogens (tertiary/aromatic N) is 2. The van der Waals surface area contributed by atoms with Gasteiger partial charge in [0, 0.05) is 6.92 Å². The SMILES string of the molecule is CC(=NO)c1nc(C)oc1C. The van der Waals surface area contributed by atoms with Gasteiger partial charge < -0.3 is 9.62 Å². The molecule has 0 amide bonds. The summed E-state index contributed by atoms with van der Waals surface area (Å²) in [5, 5.41) is 11.5. The lowest BCUT2D eigenvalue weighted by atomic mass is 10.3. The maximum absolute atomic E-state index is 8.43. The van der Waals surface area contributed by atoms with E-state index < -0.39 is 0 Å². The average Bonchev–Trinajstić information content (AvgIpc) is 2.28. The molecule has 0 aliphatic carbocycles. The van der Waals surface area contributed by atoms with Gasteiger partial charge in [-0.15, -0.1) is 0 Å². The van der Waals surface area contributed by atoms with Gasteiger partial charge in [0.2, 0.25) is 0 Å². The minimum absolute atomic E-state index is 0.472. The van der Waals surface area contributed by atoms with Crippen molar-refractivity contribution in [3.8, 4) is 0 Å². The zero-order chi connectivity index (χ0) is 8.43. The molecule has 1 heterocycles. The zero-order valence-corrected chi connectivity index (χ0v) is 6.75. The van der Waals surface area contributed by atoms with Gasteiger partial charge in [-0.25, -0.2) is 4.98 Å². The molecule has 0 saturated heterocycles. The topological polar surface area (TPSA) is 58.6 Å². The van der Waals surface area contributed by atoms with Gasteiger partial charge in [-0.3, -0.25) is 0 Å². The molecule has 1 rings (SSSR count). The van der Waals surface area contributed by atoms with Gasteiger partial charge in [0.15, 0.2) is 5.89 Å². The number of oxazole rings is 1. The van der Waals surface area contributed by atoms with Crippen LogP contribution in [0.5, 0.6) is 0 Å². The van der Waals surface area contributed by atoms with E-state index in [1.807, 2.05) is 0 Å². The second-order valence-corrected chi connectivity index (χ2v) is 2.32. The van der Waals surface area contributed by atoms with Crippen LogP contribution in [0.4, 0.5) is 0 Å². The van der Waals surface area contributed by atoms with E-state index in [0.717, 1.165) is 0 Å². The van der Waals surface area contributed by atoms with Crippen molar-refractivity contribution >= 4 is 5.71 Å². The maximum Gasteiger partial charge on any atom is 0.191 e. The molecular formula is C7H10N2O2. The molecule has 1 aromatic heterocycles. The van der Waals surface area contributed by atoms with Gasteiger partial charge in [0.05, 0.1) is 0 Å². The third-order valence-corrected chi connectivity index (χ3v) is 1.40. The Morgan fingerprint density at radius 1 is 1.55 bits per heavy atom. The van der Waals surface area contributed by atoms with Crippen LogP contribution in [-0.4, -0.2) is 15.9 Å². The van der Waals surface area contributed by atoms with Crippen LogP contribution >= 0.6 is 0 Å². The summed E-state index contributed by atoms with van der Waals surface area (Å²) in [5.41, 5.74) is 1.09. The number of aryl methyl sites for hydroxylation is 2. The highest BCUT2D eigenvalue weighted by molar-refractivity contribution is 5.97. The van der Waals surface area contributed by atoms with Crippen LogP contribution in [0.3, 0.4) is 0 Å². The quantitative estimate of drug-likeness (QED) is 0.378. The highest BCUT2D eigenvalue weighted by Crippen LogP contribution is 2.09. The Hall–Kier alpha value is -1.32. The maximum atomic E-state index is 8.43. The fraction of sp³-hybridized carbons (Fsp3) is 0.429. The van der Waals surface area contributed by atoms with Crippen LogP contribution < -0.4 is 0 Å². The van der Waals surface area contributed by atoms with E-state index in [9.17, 15) is 0 Å². The zero-order valence-electron chi connectivity index (χ0n) is 6.75. The molecule has 1 N–H and O–H groups in total. The monoisotopic (exact) mass is 154 g/mol. The van der Waals surface area contributed by atoms with E-state index in [4.69, 9.17) is 9.62 Å². The minimum Gasteiger partial charge on any atom is -0.446 e. The molecule has 0 radical (unpaired) electrons. The molecule has 0 aliphatic heterocycles. The Bertz CT molecular complexity index is 289. The molecule has 0 bridgehead atoms. The fourth-order valence-corrected chi connectivity index (χ4v) is 0.912. The normalized spacial score (nSPS) is 12.1. The van der Waals surface area contributed by atoms with Crippen molar-refractivity contribution in [1.29, 1.82) is 0 Å². The second kappa shape index (κ2) is 2.74. The lowest BCUT2D eigenvalue weighted by molar-refractivity contribution is 0.319. The van der Waals surface area contributed by atoms with E-state index in [2.05, 4.69) is 10.1 Å². The average molecular weight is 154 g/mol. The van der Waals surface area contributed by atoms with E-state index >= 15 is 0 Å². The standard InChI is InChI=1S/C7H10N2O2/c1-4(9-10)7-5(2)11-6(3)8-7/h10H,1-3H3. The molecular weight excluding hydrogens is 144 g/mol. The van der Waals surface area contributed by atoms with E-state index in [0.29, 0.717) is 23.1 Å². The van der Waals surface area contributed by atoms with Crippen molar-refractivity contribution in [3.05, 3.63) is 17.3 Å². The number of hydrogen-bond acceptors (Lipinski definition) is 4. The third kappa shape index (κ3) is 1.39. The summed E-state index contributed by atoms with van der Waals surface area (Å²) >= 11 is 0. The van der Waals surface area contributed by atoms with Gasteiger partial charge in [0.25, 0.3) is 0 Å². The van der Waals surface area contributed by atoms with Crippen LogP contribution in [0.15, 0.2) is 9.57 Å². The predicted octanol–water partition coefficient (Wildman–Crippen LogP) is 1.49. The van der Waals surface area contributed by atoms with E-state index in [1.165, 1.54) is 0 Å². The molecule has 0 unspecified atom stereocenters. The predicted molar refractivity (Wildman–Crippen MR) is 40.0 cm³/mol. The van der Waals surface area contributed by atoms with Crippen LogP contribution in [0.25, 0.3) is 0 Å². The van der Waals surface area contributed by atoms with Crippen LogP contribution in [0, 0.1) is 13.8 Å². The lowest BCUT2D eigenvalue weighted by Gasteiger charge is -1.89. The molecule has 0 saturated carbocycles. The molecule has 11 heavy (non-hydrogen) atoms. The van der Waals surface area contributed by atoms with Gasteiger partial charge in [-0.1, -0.05) is 5.16 Å². The van der Waals surface area contributed by atoms with Crippen molar-refractivity contribution in [2.75, 3.05) is 0 Å². The molecule has 0 spiro atoms. The fourth-order valence-electron chi connectivity index (χ4n) is 0.912. The van der Waals surface area contributed by atoms with E-state index in [-0.39, 0.29) is 0 Å². The third-order valence-electron chi connectivity index (χ3n) is 1.40. The molecule has 0 aromatic carbocycles. The second-order valence-electron chi connectivity index (χ2n) is 2.32. The first kappa shape index (κ1) is 7.78. The number of aromatic nitrogens is 1. The number of hydrogen-bond donors (Lipinski definition) is 1. The van der Waals surface area contributed by atoms with Crippen molar-refractivity contribution in [2.45, 2.75) is 20.8 Å². The van der Waals surface area contributed by atoms with Crippen molar-refractivity contribution in [3.63, 3.8) is 0 Å². The van der Waals surface area contributed by atoms with Crippen LogP contribution in [0.2, 0.25) is 0 Å². The first-order valence-corrected chi connectivity index (χ1v) is 3.28. The summed E-state index contributed by atoms with van der Waals surface area (Å²) in [5.74, 6) is 1.26. The first-order chi connectivity index (χ1) is 5.15. The smallest absolute Gasteiger partial charge is 0.191 e. The Balaban J connectivity index is 3.13. The van der Waals surface area contributed by atoms with Gasteiger partial charge in [0.1, 0.15) is 17.2 Å². The summed E-state index contributed by atoms with van der Waals surface area (Å²) in [6.45, 7) is 5.20. The summed E-state index contributed by atoms with van der Waals surface area (Å²) in [7, 11) is 0. The summed E-state index contributed by atoms with van der Waals surface area (Å²) < 4.78 is 5.13. The van der Waals surface area contributed by atoms with Crippen molar-refractivity contribution < 1.29 is 9.62 Å². The van der Waals surface area contributed by atoms with Gasteiger partial charge in [-0.05, 0) is 13.8 Å². The highest BCUT2D eigenvalue weighted by atomic mass is 16.4. The summed E-state index contributed by atoms with van der Waals surface area (Å²) in [6, 6.07) is 0. The van der Waals surface area contributed by atoms with Gasteiger partial charge >= 0.3 is 0 Å². The van der Waals surface area contributed by atoms with E-state index in [1.54, 1.807) is 20.8 Å². The molecule has 0 fully saturated rings. The molecule has 0 aliphatic rings. The summed E-state index contributed by atoms with van der Waals surface area (Å²) in [4.78, 5) is 4.02. The molecule has 1 aromatic rings. The molecule has 60 valence electrons. The minimum atomic E-state index is 0.472. The number of rotatable bonds is 1. The van der Waals surface area contributed by atoms with Crippen molar-refractivity contribution in [2.24, 2.45) is 5.16 Å². The lowest BCUT2D eigenvalue weighted by Crippen LogP contribution is -1.96. The Labute approximate surface area is 64.5 Å². The first-order valence-electron chi connectivity index (χ1n) is 3.28. The van der Waals surface area contributed by atoms with Crippen LogP contribution in [0.1, 0.15) is 24.3 Å². The molecule has 0 atom stereocenters. The largest absolute Gasteiger partial charge is 0.446 e. The van der Waals surface area contributed by atoms with Gasteiger partial charge in [-0.2, -0.15) is 0 Å². The van der Waals surface area contributed by atoms with Crippen LogP contribution in [-0.2, 0) is 0 Å². The summed E-state index contributed by atoms with van der Waals surface area (Å²) in [6.07, 6.45) is 0. The number of oxime groups is 1. The Kier molecular flexibility index (Phi) is 1.94. The molecule has 4 heteroatoms. The Morgan fingerprint density at radius 3 is 2.55 bits per heavy atom. The highest BCUT2D eigenvalue weighted by Gasteiger charge is 2.08. The Morgan fingerprint density at radius 2 is 2.18 bits per heavy atom. The molecule has 4 nitrogen and oxygen atoms in total. The van der Waals surface area contributed by atoms with Crippen molar-refractivity contribution in [1.82, 2.24) is 4.98 Å².